The van der Waals surface area contributed by atoms with Crippen LogP contribution in [0.15, 0.2) is 0 Å². The molecule has 0 radical (unpaired) electrons. The first-order valence-electron chi connectivity index (χ1n) is 5.71. The van der Waals surface area contributed by atoms with E-state index in [0.29, 0.717) is 0 Å². The molecule has 4 heteroatoms. The molecular formula is C11H22N2OS. The summed E-state index contributed by atoms with van der Waals surface area (Å²) >= 11 is 2.01. The van der Waals surface area contributed by atoms with Gasteiger partial charge in [-0.05, 0) is 51.2 Å². The molecule has 1 heterocycles. The van der Waals surface area contributed by atoms with E-state index < -0.39 is 0 Å². The lowest BCUT2D eigenvalue weighted by Gasteiger charge is -2.17. The van der Waals surface area contributed by atoms with Crippen molar-refractivity contribution in [2.45, 2.75) is 39.3 Å². The number of rotatable bonds is 5. The molecule has 1 aliphatic rings. The smallest absolute Gasteiger partial charge is 0.237 e. The van der Waals surface area contributed by atoms with Crippen molar-refractivity contribution >= 4 is 17.7 Å². The Hall–Kier alpha value is -0.220. The lowest BCUT2D eigenvalue weighted by molar-refractivity contribution is -0.123. The number of thioether (sulfide) groups is 1. The van der Waals surface area contributed by atoms with Crippen LogP contribution >= 0.6 is 11.8 Å². The molecule has 2 unspecified atom stereocenters. The van der Waals surface area contributed by atoms with Crippen LogP contribution in [0, 0.1) is 5.92 Å². The Morgan fingerprint density at radius 1 is 1.47 bits per heavy atom. The van der Waals surface area contributed by atoms with Gasteiger partial charge in [-0.15, -0.1) is 0 Å². The zero-order chi connectivity index (χ0) is 11.3. The first-order chi connectivity index (χ1) is 7.09. The fourth-order valence-electron chi connectivity index (χ4n) is 1.59. The number of carbonyl (C=O) groups is 1. The lowest BCUT2D eigenvalue weighted by Crippen LogP contribution is -2.45. The van der Waals surface area contributed by atoms with Crippen LogP contribution in [0.25, 0.3) is 0 Å². The summed E-state index contributed by atoms with van der Waals surface area (Å²) in [7, 11) is 0. The molecule has 3 nitrogen and oxygen atoms in total. The number of carbonyl (C=O) groups excluding carboxylic acids is 1. The van der Waals surface area contributed by atoms with Crippen LogP contribution in [-0.4, -0.2) is 36.0 Å². The van der Waals surface area contributed by atoms with E-state index in [0.717, 1.165) is 12.5 Å². The minimum Gasteiger partial charge on any atom is -0.353 e. The topological polar surface area (TPSA) is 41.1 Å². The van der Waals surface area contributed by atoms with E-state index >= 15 is 0 Å². The molecule has 0 aromatic rings. The predicted octanol–water partition coefficient (Wildman–Crippen LogP) is 1.24. The van der Waals surface area contributed by atoms with Gasteiger partial charge in [-0.1, -0.05) is 0 Å². The van der Waals surface area contributed by atoms with Crippen LogP contribution in [0.4, 0.5) is 0 Å². The van der Waals surface area contributed by atoms with Crippen molar-refractivity contribution in [1.29, 1.82) is 0 Å². The Labute approximate surface area is 96.8 Å². The highest BCUT2D eigenvalue weighted by atomic mass is 32.2. The third-order valence-electron chi connectivity index (χ3n) is 2.56. The Bertz CT molecular complexity index is 203. The minimum absolute atomic E-state index is 0.0713. The summed E-state index contributed by atoms with van der Waals surface area (Å²) in [6.45, 7) is 6.87. The standard InChI is InChI=1S/C11H22N2OS/c1-8(2)13-11(14)9(3)12-6-10-4-5-15-7-10/h8-10,12H,4-7H2,1-3H3,(H,13,14). The van der Waals surface area contributed by atoms with Crippen LogP contribution in [-0.2, 0) is 4.79 Å². The SMILES string of the molecule is CC(C)NC(=O)C(C)NCC1CCSC1. The van der Waals surface area contributed by atoms with Crippen LogP contribution in [0.2, 0.25) is 0 Å². The van der Waals surface area contributed by atoms with Crippen molar-refractivity contribution in [1.82, 2.24) is 10.6 Å². The van der Waals surface area contributed by atoms with Gasteiger partial charge in [0, 0.05) is 6.04 Å². The monoisotopic (exact) mass is 230 g/mol. The summed E-state index contributed by atoms with van der Waals surface area (Å²) in [6, 6.07) is 0.154. The van der Waals surface area contributed by atoms with Gasteiger partial charge >= 0.3 is 0 Å². The van der Waals surface area contributed by atoms with Crippen LogP contribution in [0.3, 0.4) is 0 Å². The van der Waals surface area contributed by atoms with Crippen molar-refractivity contribution in [3.05, 3.63) is 0 Å². The Balaban J connectivity index is 2.16. The fraction of sp³-hybridized carbons (Fsp3) is 0.909. The van der Waals surface area contributed by atoms with E-state index in [1.807, 2.05) is 32.5 Å². The third-order valence-corrected chi connectivity index (χ3v) is 3.79. The van der Waals surface area contributed by atoms with Gasteiger partial charge in [0.1, 0.15) is 0 Å². The maximum Gasteiger partial charge on any atom is 0.237 e. The van der Waals surface area contributed by atoms with Gasteiger partial charge < -0.3 is 10.6 Å². The van der Waals surface area contributed by atoms with Gasteiger partial charge in [-0.2, -0.15) is 11.8 Å². The molecule has 0 aliphatic carbocycles. The highest BCUT2D eigenvalue weighted by molar-refractivity contribution is 7.99. The van der Waals surface area contributed by atoms with Crippen molar-refractivity contribution < 1.29 is 4.79 Å². The van der Waals surface area contributed by atoms with Crippen molar-refractivity contribution in [3.8, 4) is 0 Å². The summed E-state index contributed by atoms with van der Waals surface area (Å²) in [6.07, 6.45) is 1.29. The normalized spacial score (nSPS) is 23.1. The highest BCUT2D eigenvalue weighted by Crippen LogP contribution is 2.22. The summed E-state index contributed by atoms with van der Waals surface area (Å²) in [4.78, 5) is 11.6. The largest absolute Gasteiger partial charge is 0.353 e. The molecule has 1 rings (SSSR count). The number of nitrogens with one attached hydrogen (secondary N) is 2. The van der Waals surface area contributed by atoms with E-state index in [1.54, 1.807) is 0 Å². The number of hydrogen-bond acceptors (Lipinski definition) is 3. The van der Waals surface area contributed by atoms with Crippen LogP contribution in [0.5, 0.6) is 0 Å². The Morgan fingerprint density at radius 2 is 2.20 bits per heavy atom. The van der Waals surface area contributed by atoms with Gasteiger partial charge in [0.25, 0.3) is 0 Å². The molecule has 0 spiro atoms. The van der Waals surface area contributed by atoms with E-state index in [-0.39, 0.29) is 18.0 Å². The van der Waals surface area contributed by atoms with E-state index in [9.17, 15) is 4.79 Å². The fourth-order valence-corrected chi connectivity index (χ4v) is 2.87. The zero-order valence-corrected chi connectivity index (χ0v) is 10.7. The van der Waals surface area contributed by atoms with Crippen molar-refractivity contribution in [2.24, 2.45) is 5.92 Å². The molecule has 2 N–H and O–H groups in total. The lowest BCUT2D eigenvalue weighted by atomic mass is 10.1. The number of amides is 1. The second-order valence-electron chi connectivity index (χ2n) is 4.52. The molecule has 1 saturated heterocycles. The third kappa shape index (κ3) is 4.89. The molecule has 1 amide bonds. The maximum absolute atomic E-state index is 11.6. The van der Waals surface area contributed by atoms with Crippen LogP contribution < -0.4 is 10.6 Å². The minimum atomic E-state index is -0.0713. The molecule has 2 atom stereocenters. The average Bonchev–Trinajstić information content (AvgIpc) is 2.65. The summed E-state index contributed by atoms with van der Waals surface area (Å²) in [5.41, 5.74) is 0. The van der Waals surface area contributed by atoms with Gasteiger partial charge in [0.15, 0.2) is 0 Å². The average molecular weight is 230 g/mol. The second-order valence-corrected chi connectivity index (χ2v) is 5.67. The summed E-state index contributed by atoms with van der Waals surface area (Å²) in [5, 5.41) is 6.22. The van der Waals surface area contributed by atoms with Crippen molar-refractivity contribution in [3.63, 3.8) is 0 Å². The van der Waals surface area contributed by atoms with Crippen molar-refractivity contribution in [2.75, 3.05) is 18.1 Å². The predicted molar refractivity (Wildman–Crippen MR) is 66.2 cm³/mol. The molecule has 15 heavy (non-hydrogen) atoms. The van der Waals surface area contributed by atoms with E-state index in [2.05, 4.69) is 10.6 Å². The molecule has 88 valence electrons. The van der Waals surface area contributed by atoms with Crippen LogP contribution in [0.1, 0.15) is 27.2 Å². The van der Waals surface area contributed by atoms with E-state index in [4.69, 9.17) is 0 Å². The summed E-state index contributed by atoms with van der Waals surface area (Å²) < 4.78 is 0. The molecule has 0 bridgehead atoms. The zero-order valence-electron chi connectivity index (χ0n) is 9.88. The molecule has 1 fully saturated rings. The van der Waals surface area contributed by atoms with Gasteiger partial charge in [0.05, 0.1) is 6.04 Å². The highest BCUT2D eigenvalue weighted by Gasteiger charge is 2.18. The maximum atomic E-state index is 11.6. The molecule has 0 aromatic heterocycles. The Morgan fingerprint density at radius 3 is 2.73 bits per heavy atom. The number of hydrogen-bond donors (Lipinski definition) is 2. The first-order valence-corrected chi connectivity index (χ1v) is 6.86. The quantitative estimate of drug-likeness (QED) is 0.747. The first kappa shape index (κ1) is 12.8. The summed E-state index contributed by atoms with van der Waals surface area (Å²) in [5.74, 6) is 3.38. The molecule has 1 aliphatic heterocycles. The molecule has 0 aromatic carbocycles. The Kier molecular flexibility index (Phi) is 5.47. The molecular weight excluding hydrogens is 208 g/mol. The van der Waals surface area contributed by atoms with Gasteiger partial charge in [-0.3, -0.25) is 4.79 Å². The second kappa shape index (κ2) is 6.38. The molecule has 0 saturated carbocycles. The van der Waals surface area contributed by atoms with Gasteiger partial charge in [-0.25, -0.2) is 0 Å². The van der Waals surface area contributed by atoms with E-state index in [1.165, 1.54) is 17.9 Å². The van der Waals surface area contributed by atoms with Gasteiger partial charge in [0.2, 0.25) is 5.91 Å².